The molecular formula is C20H27N3O3. The van der Waals surface area contributed by atoms with Crippen molar-refractivity contribution < 1.29 is 14.3 Å². The van der Waals surface area contributed by atoms with Gasteiger partial charge in [0, 0.05) is 31.9 Å². The highest BCUT2D eigenvalue weighted by Crippen LogP contribution is 2.41. The van der Waals surface area contributed by atoms with Crippen LogP contribution in [0.15, 0.2) is 18.2 Å². The summed E-state index contributed by atoms with van der Waals surface area (Å²) < 4.78 is 5.37. The Labute approximate surface area is 154 Å². The summed E-state index contributed by atoms with van der Waals surface area (Å²) in [7, 11) is 0. The predicted molar refractivity (Wildman–Crippen MR) is 96.2 cm³/mol. The van der Waals surface area contributed by atoms with Crippen molar-refractivity contribution in [3.05, 3.63) is 29.6 Å². The Morgan fingerprint density at radius 1 is 1.35 bits per heavy atom. The number of rotatable bonds is 3. The second-order valence-electron chi connectivity index (χ2n) is 7.95. The lowest BCUT2D eigenvalue weighted by atomic mass is 9.78. The molecule has 140 valence electrons. The average molecular weight is 357 g/mol. The number of ether oxygens (including phenoxy) is 1. The number of amides is 2. The Morgan fingerprint density at radius 2 is 2.23 bits per heavy atom. The van der Waals surface area contributed by atoms with E-state index in [0.717, 1.165) is 50.2 Å². The quantitative estimate of drug-likeness (QED) is 0.827. The van der Waals surface area contributed by atoms with Crippen LogP contribution in [0.3, 0.4) is 0 Å². The molecule has 0 radical (unpaired) electrons. The molecule has 2 unspecified atom stereocenters. The van der Waals surface area contributed by atoms with E-state index in [1.54, 1.807) is 0 Å². The van der Waals surface area contributed by atoms with Crippen molar-refractivity contribution >= 4 is 11.8 Å². The van der Waals surface area contributed by atoms with E-state index in [1.807, 2.05) is 34.9 Å². The SMILES string of the molecule is Cc1cccc(CN2CCC3(CCCN(C(=O)C4CCOC4)C3)C2=O)n1. The Balaban J connectivity index is 1.44. The Morgan fingerprint density at radius 3 is 3.00 bits per heavy atom. The number of nitrogens with zero attached hydrogens (tertiary/aromatic N) is 3. The molecule has 0 bridgehead atoms. The van der Waals surface area contributed by atoms with Gasteiger partial charge in [0.2, 0.25) is 11.8 Å². The van der Waals surface area contributed by atoms with Gasteiger partial charge in [-0.1, -0.05) is 6.07 Å². The van der Waals surface area contributed by atoms with Gasteiger partial charge in [-0.15, -0.1) is 0 Å². The molecule has 2 amide bonds. The maximum absolute atomic E-state index is 13.2. The van der Waals surface area contributed by atoms with E-state index in [1.165, 1.54) is 0 Å². The lowest BCUT2D eigenvalue weighted by Crippen LogP contribution is -2.51. The molecule has 3 aliphatic heterocycles. The highest BCUT2D eigenvalue weighted by molar-refractivity contribution is 5.87. The van der Waals surface area contributed by atoms with Gasteiger partial charge in [-0.25, -0.2) is 0 Å². The summed E-state index contributed by atoms with van der Waals surface area (Å²) in [6, 6.07) is 5.93. The van der Waals surface area contributed by atoms with Gasteiger partial charge in [0.15, 0.2) is 0 Å². The van der Waals surface area contributed by atoms with E-state index < -0.39 is 5.41 Å². The topological polar surface area (TPSA) is 62.7 Å². The Bertz CT molecular complexity index is 701. The van der Waals surface area contributed by atoms with Gasteiger partial charge < -0.3 is 14.5 Å². The third-order valence-electron chi connectivity index (χ3n) is 6.07. The molecule has 6 nitrogen and oxygen atoms in total. The minimum Gasteiger partial charge on any atom is -0.381 e. The van der Waals surface area contributed by atoms with Crippen molar-refractivity contribution in [2.45, 2.75) is 39.2 Å². The number of piperidine rings is 1. The van der Waals surface area contributed by atoms with Crippen LogP contribution in [0.5, 0.6) is 0 Å². The number of aromatic nitrogens is 1. The van der Waals surface area contributed by atoms with Crippen molar-refractivity contribution in [1.29, 1.82) is 0 Å². The molecule has 0 aromatic carbocycles. The first kappa shape index (κ1) is 17.5. The molecule has 0 saturated carbocycles. The van der Waals surface area contributed by atoms with Crippen LogP contribution < -0.4 is 0 Å². The number of likely N-dealkylation sites (tertiary alicyclic amines) is 2. The van der Waals surface area contributed by atoms with Gasteiger partial charge in [-0.05, 0) is 44.7 Å². The summed E-state index contributed by atoms with van der Waals surface area (Å²) in [6.45, 7) is 5.82. The second kappa shape index (κ2) is 6.99. The second-order valence-corrected chi connectivity index (χ2v) is 7.95. The molecule has 1 spiro atoms. The van der Waals surface area contributed by atoms with E-state index in [0.29, 0.717) is 26.3 Å². The molecule has 1 aromatic heterocycles. The highest BCUT2D eigenvalue weighted by Gasteiger charge is 2.50. The van der Waals surface area contributed by atoms with Gasteiger partial charge in [0.25, 0.3) is 0 Å². The first-order valence-electron chi connectivity index (χ1n) is 9.66. The summed E-state index contributed by atoms with van der Waals surface area (Å²) in [4.78, 5) is 34.3. The van der Waals surface area contributed by atoms with Crippen molar-refractivity contribution in [3.8, 4) is 0 Å². The van der Waals surface area contributed by atoms with E-state index in [-0.39, 0.29) is 17.7 Å². The fourth-order valence-electron chi connectivity index (χ4n) is 4.61. The van der Waals surface area contributed by atoms with Crippen LogP contribution in [0.2, 0.25) is 0 Å². The van der Waals surface area contributed by atoms with E-state index in [2.05, 4.69) is 4.98 Å². The summed E-state index contributed by atoms with van der Waals surface area (Å²) in [5.41, 5.74) is 1.51. The van der Waals surface area contributed by atoms with Gasteiger partial charge in [0.05, 0.1) is 30.2 Å². The maximum Gasteiger partial charge on any atom is 0.231 e. The van der Waals surface area contributed by atoms with Crippen LogP contribution in [0.4, 0.5) is 0 Å². The fraction of sp³-hybridized carbons (Fsp3) is 0.650. The molecule has 3 fully saturated rings. The zero-order chi connectivity index (χ0) is 18.1. The van der Waals surface area contributed by atoms with Crippen molar-refractivity contribution in [3.63, 3.8) is 0 Å². The van der Waals surface area contributed by atoms with Gasteiger partial charge in [-0.2, -0.15) is 0 Å². The molecule has 0 aliphatic carbocycles. The highest BCUT2D eigenvalue weighted by atomic mass is 16.5. The van der Waals surface area contributed by atoms with Crippen molar-refractivity contribution in [2.75, 3.05) is 32.8 Å². The standard InChI is InChI=1S/C20H27N3O3/c1-15-4-2-5-17(21-15)12-22-10-8-20(19(22)25)7-3-9-23(14-20)18(24)16-6-11-26-13-16/h2,4-5,16H,3,6-14H2,1H3. The van der Waals surface area contributed by atoms with Gasteiger partial charge >= 0.3 is 0 Å². The maximum atomic E-state index is 13.2. The third-order valence-corrected chi connectivity index (χ3v) is 6.07. The van der Waals surface area contributed by atoms with Crippen LogP contribution in [0.1, 0.15) is 37.1 Å². The summed E-state index contributed by atoms with van der Waals surface area (Å²) in [6.07, 6.45) is 3.43. The molecule has 6 heteroatoms. The van der Waals surface area contributed by atoms with E-state index in [4.69, 9.17) is 4.74 Å². The molecular weight excluding hydrogens is 330 g/mol. The van der Waals surface area contributed by atoms with Crippen LogP contribution in [-0.4, -0.2) is 59.4 Å². The van der Waals surface area contributed by atoms with Crippen LogP contribution in [-0.2, 0) is 20.9 Å². The monoisotopic (exact) mass is 357 g/mol. The first-order valence-corrected chi connectivity index (χ1v) is 9.66. The normalized spacial score (nSPS) is 29.0. The molecule has 4 rings (SSSR count). The number of aryl methyl sites for hydroxylation is 1. The summed E-state index contributed by atoms with van der Waals surface area (Å²) >= 11 is 0. The molecule has 1 aromatic rings. The number of carbonyl (C=O) groups excluding carboxylic acids is 2. The Kier molecular flexibility index (Phi) is 4.69. The number of pyridine rings is 1. The number of hydrogen-bond donors (Lipinski definition) is 0. The zero-order valence-electron chi connectivity index (χ0n) is 15.4. The smallest absolute Gasteiger partial charge is 0.231 e. The average Bonchev–Trinajstić information content (AvgIpc) is 3.27. The van der Waals surface area contributed by atoms with E-state index >= 15 is 0 Å². The lowest BCUT2D eigenvalue weighted by molar-refractivity contribution is -0.145. The van der Waals surface area contributed by atoms with Gasteiger partial charge in [-0.3, -0.25) is 14.6 Å². The largest absolute Gasteiger partial charge is 0.381 e. The lowest BCUT2D eigenvalue weighted by Gasteiger charge is -2.39. The van der Waals surface area contributed by atoms with Gasteiger partial charge in [0.1, 0.15) is 0 Å². The van der Waals surface area contributed by atoms with Crippen LogP contribution >= 0.6 is 0 Å². The molecule has 3 aliphatic rings. The molecule has 2 atom stereocenters. The molecule has 4 heterocycles. The predicted octanol–water partition coefficient (Wildman–Crippen LogP) is 1.77. The summed E-state index contributed by atoms with van der Waals surface area (Å²) in [5.74, 6) is 0.350. The van der Waals surface area contributed by atoms with E-state index in [9.17, 15) is 9.59 Å². The molecule has 0 N–H and O–H groups in total. The number of carbonyl (C=O) groups is 2. The molecule has 26 heavy (non-hydrogen) atoms. The minimum absolute atomic E-state index is 0.0192. The van der Waals surface area contributed by atoms with Crippen molar-refractivity contribution in [1.82, 2.24) is 14.8 Å². The van der Waals surface area contributed by atoms with Crippen LogP contribution in [0, 0.1) is 18.3 Å². The fourth-order valence-corrected chi connectivity index (χ4v) is 4.61. The molecule has 3 saturated heterocycles. The van der Waals surface area contributed by atoms with Crippen molar-refractivity contribution in [2.24, 2.45) is 11.3 Å². The summed E-state index contributed by atoms with van der Waals surface area (Å²) in [5, 5.41) is 0. The number of hydrogen-bond acceptors (Lipinski definition) is 4. The first-order chi connectivity index (χ1) is 12.6. The Hall–Kier alpha value is -1.95. The third kappa shape index (κ3) is 3.22. The minimum atomic E-state index is -0.392. The van der Waals surface area contributed by atoms with Crippen LogP contribution in [0.25, 0.3) is 0 Å². The zero-order valence-corrected chi connectivity index (χ0v) is 15.4.